The smallest absolute Gasteiger partial charge is 0.119 e. The predicted molar refractivity (Wildman–Crippen MR) is 88.8 cm³/mol. The van der Waals surface area contributed by atoms with Crippen LogP contribution in [0.5, 0.6) is 5.75 Å². The van der Waals surface area contributed by atoms with Crippen LogP contribution in [0.1, 0.15) is 16.7 Å². The first-order valence-corrected chi connectivity index (χ1v) is 8.38. The summed E-state index contributed by atoms with van der Waals surface area (Å²) in [5.41, 5.74) is 3.73. The van der Waals surface area contributed by atoms with Gasteiger partial charge in [0.25, 0.3) is 0 Å². The van der Waals surface area contributed by atoms with Crippen LogP contribution in [-0.4, -0.2) is 12.4 Å². The van der Waals surface area contributed by atoms with Crippen LogP contribution in [0.25, 0.3) is 0 Å². The van der Waals surface area contributed by atoms with Gasteiger partial charge in [-0.15, -0.1) is 11.6 Å². The number of hydrogen-bond donors (Lipinski definition) is 0. The van der Waals surface area contributed by atoms with Crippen LogP contribution in [0.2, 0.25) is 0 Å². The van der Waals surface area contributed by atoms with Gasteiger partial charge in [0.15, 0.2) is 0 Å². The third kappa shape index (κ3) is 5.10. The molecule has 20 heavy (non-hydrogen) atoms. The largest absolute Gasteiger partial charge is 0.493 e. The molecule has 1 nitrogen and oxygen atoms in total. The minimum atomic E-state index is 0.578. The van der Waals surface area contributed by atoms with Gasteiger partial charge in [0.05, 0.1) is 6.61 Å². The molecule has 3 heteroatoms. The van der Waals surface area contributed by atoms with Crippen LogP contribution in [0.4, 0.5) is 0 Å². The van der Waals surface area contributed by atoms with Crippen molar-refractivity contribution in [3.05, 3.63) is 65.2 Å². The zero-order valence-electron chi connectivity index (χ0n) is 11.6. The highest BCUT2D eigenvalue weighted by atomic mass is 35.5. The summed E-state index contributed by atoms with van der Waals surface area (Å²) in [6.07, 6.45) is 0. The lowest BCUT2D eigenvalue weighted by Gasteiger charge is -2.07. The second-order valence-corrected chi connectivity index (χ2v) is 6.04. The molecule has 0 bridgehead atoms. The number of thioether (sulfide) groups is 1. The Hall–Kier alpha value is -1.12. The Kier molecular flexibility index (Phi) is 6.28. The highest BCUT2D eigenvalue weighted by molar-refractivity contribution is 7.98. The van der Waals surface area contributed by atoms with Crippen molar-refractivity contribution in [3.63, 3.8) is 0 Å². The first-order valence-electron chi connectivity index (χ1n) is 6.69. The van der Waals surface area contributed by atoms with Gasteiger partial charge in [-0.1, -0.05) is 36.4 Å². The summed E-state index contributed by atoms with van der Waals surface area (Å²) in [5.74, 6) is 3.52. The number of benzene rings is 2. The quantitative estimate of drug-likeness (QED) is 0.523. The number of ether oxygens (including phenoxy) is 1. The summed E-state index contributed by atoms with van der Waals surface area (Å²) in [6.45, 7) is 2.81. The highest BCUT2D eigenvalue weighted by Crippen LogP contribution is 2.16. The van der Waals surface area contributed by atoms with E-state index in [4.69, 9.17) is 16.3 Å². The lowest BCUT2D eigenvalue weighted by Crippen LogP contribution is -2.00. The number of halogens is 1. The monoisotopic (exact) mass is 306 g/mol. The maximum Gasteiger partial charge on any atom is 0.119 e. The fourth-order valence-corrected chi connectivity index (χ4v) is 2.84. The topological polar surface area (TPSA) is 9.23 Å². The molecule has 0 saturated heterocycles. The van der Waals surface area contributed by atoms with Gasteiger partial charge in [-0.3, -0.25) is 0 Å². The summed E-state index contributed by atoms with van der Waals surface area (Å²) in [4.78, 5) is 0. The average Bonchev–Trinajstić information content (AvgIpc) is 2.47. The van der Waals surface area contributed by atoms with Crippen molar-refractivity contribution in [2.45, 2.75) is 18.6 Å². The van der Waals surface area contributed by atoms with E-state index in [0.29, 0.717) is 5.88 Å². The third-order valence-electron chi connectivity index (χ3n) is 2.90. The van der Waals surface area contributed by atoms with Gasteiger partial charge in [-0.2, -0.15) is 11.8 Å². The molecule has 0 saturated carbocycles. The molecule has 0 fully saturated rings. The standard InChI is InChI=1S/C17H19ClOS/c1-14-4-2-7-17(10-14)19-8-9-20-13-16-6-3-5-15(11-16)12-18/h2-7,10-11H,8-9,12-13H2,1H3. The summed E-state index contributed by atoms with van der Waals surface area (Å²) in [5, 5.41) is 0. The minimum Gasteiger partial charge on any atom is -0.493 e. The molecule has 2 aromatic carbocycles. The molecule has 0 amide bonds. The van der Waals surface area contributed by atoms with Crippen LogP contribution in [0, 0.1) is 6.92 Å². The first kappa shape index (κ1) is 15.3. The van der Waals surface area contributed by atoms with Crippen molar-refractivity contribution in [1.82, 2.24) is 0 Å². The predicted octanol–water partition coefficient (Wildman–Crippen LogP) is 5.05. The third-order valence-corrected chi connectivity index (χ3v) is 4.20. The first-order chi connectivity index (χ1) is 9.78. The van der Waals surface area contributed by atoms with Gasteiger partial charge >= 0.3 is 0 Å². The maximum absolute atomic E-state index is 5.84. The normalized spacial score (nSPS) is 10.5. The molecule has 0 N–H and O–H groups in total. The van der Waals surface area contributed by atoms with E-state index in [-0.39, 0.29) is 0 Å². The molecule has 2 aromatic rings. The van der Waals surface area contributed by atoms with E-state index in [1.807, 2.05) is 23.9 Å². The molecule has 0 radical (unpaired) electrons. The van der Waals surface area contributed by atoms with Crippen molar-refractivity contribution < 1.29 is 4.74 Å². The molecule has 0 heterocycles. The summed E-state index contributed by atoms with van der Waals surface area (Å²) < 4.78 is 5.73. The van der Waals surface area contributed by atoms with E-state index in [0.717, 1.165) is 23.9 Å². The van der Waals surface area contributed by atoms with Crippen molar-refractivity contribution in [2.75, 3.05) is 12.4 Å². The Morgan fingerprint density at radius 1 is 1.05 bits per heavy atom. The van der Waals surface area contributed by atoms with Crippen LogP contribution in [0.15, 0.2) is 48.5 Å². The van der Waals surface area contributed by atoms with E-state index < -0.39 is 0 Å². The fourth-order valence-electron chi connectivity index (χ4n) is 1.92. The molecule has 0 unspecified atom stereocenters. The van der Waals surface area contributed by atoms with Gasteiger partial charge in [0, 0.05) is 17.4 Å². The molecule has 0 aliphatic rings. The molecular formula is C17H19ClOS. The van der Waals surface area contributed by atoms with Crippen LogP contribution >= 0.6 is 23.4 Å². The Bertz CT molecular complexity index is 542. The SMILES string of the molecule is Cc1cccc(OCCSCc2cccc(CCl)c2)c1. The van der Waals surface area contributed by atoms with Crippen molar-refractivity contribution in [2.24, 2.45) is 0 Å². The second-order valence-electron chi connectivity index (χ2n) is 4.67. The van der Waals surface area contributed by atoms with E-state index in [2.05, 4.69) is 43.3 Å². The number of rotatable bonds is 7. The molecule has 0 aliphatic carbocycles. The van der Waals surface area contributed by atoms with Gasteiger partial charge in [0.2, 0.25) is 0 Å². The summed E-state index contributed by atoms with van der Waals surface area (Å²) >= 11 is 7.72. The van der Waals surface area contributed by atoms with Crippen LogP contribution in [-0.2, 0) is 11.6 Å². The summed E-state index contributed by atoms with van der Waals surface area (Å²) in [6, 6.07) is 16.6. The van der Waals surface area contributed by atoms with Gasteiger partial charge in [0.1, 0.15) is 5.75 Å². The minimum absolute atomic E-state index is 0.578. The number of hydrogen-bond acceptors (Lipinski definition) is 2. The molecular weight excluding hydrogens is 288 g/mol. The van der Waals surface area contributed by atoms with Gasteiger partial charge in [-0.05, 0) is 35.7 Å². The molecule has 0 atom stereocenters. The molecule has 0 aliphatic heterocycles. The highest BCUT2D eigenvalue weighted by Gasteiger charge is 1.97. The fraction of sp³-hybridized carbons (Fsp3) is 0.294. The zero-order valence-corrected chi connectivity index (χ0v) is 13.2. The van der Waals surface area contributed by atoms with Crippen LogP contribution in [0.3, 0.4) is 0 Å². The lowest BCUT2D eigenvalue weighted by atomic mass is 10.2. The average molecular weight is 307 g/mol. The zero-order chi connectivity index (χ0) is 14.2. The van der Waals surface area contributed by atoms with E-state index in [1.165, 1.54) is 16.7 Å². The summed E-state index contributed by atoms with van der Waals surface area (Å²) in [7, 11) is 0. The van der Waals surface area contributed by atoms with Crippen molar-refractivity contribution >= 4 is 23.4 Å². The lowest BCUT2D eigenvalue weighted by molar-refractivity contribution is 0.343. The van der Waals surface area contributed by atoms with Crippen molar-refractivity contribution in [1.29, 1.82) is 0 Å². The van der Waals surface area contributed by atoms with Gasteiger partial charge < -0.3 is 4.74 Å². The Balaban J connectivity index is 1.68. The van der Waals surface area contributed by atoms with Crippen molar-refractivity contribution in [3.8, 4) is 5.75 Å². The van der Waals surface area contributed by atoms with E-state index in [9.17, 15) is 0 Å². The van der Waals surface area contributed by atoms with Crippen LogP contribution < -0.4 is 4.74 Å². The number of alkyl halides is 1. The molecule has 106 valence electrons. The molecule has 2 rings (SSSR count). The molecule has 0 aromatic heterocycles. The maximum atomic E-state index is 5.84. The van der Waals surface area contributed by atoms with E-state index >= 15 is 0 Å². The Morgan fingerprint density at radius 3 is 2.65 bits per heavy atom. The van der Waals surface area contributed by atoms with Gasteiger partial charge in [-0.25, -0.2) is 0 Å². The second kappa shape index (κ2) is 8.23. The number of aryl methyl sites for hydroxylation is 1. The Labute approximate surface area is 130 Å². The molecule has 0 spiro atoms. The Morgan fingerprint density at radius 2 is 1.85 bits per heavy atom. The van der Waals surface area contributed by atoms with E-state index in [1.54, 1.807) is 0 Å².